The van der Waals surface area contributed by atoms with Crippen molar-refractivity contribution >= 4 is 11.7 Å². The quantitative estimate of drug-likeness (QED) is 0.487. The van der Waals surface area contributed by atoms with Gasteiger partial charge in [-0.25, -0.2) is 0 Å². The molecule has 1 aromatic carbocycles. The number of non-ortho nitro benzene ring substituents is 1. The lowest BCUT2D eigenvalue weighted by Gasteiger charge is -2.16. The number of hydrogen-bond donors (Lipinski definition) is 1. The molecule has 1 rings (SSSR count). The molecule has 1 aromatic rings. The van der Waals surface area contributed by atoms with Crippen molar-refractivity contribution in [1.29, 1.82) is 0 Å². The number of nitro benzene ring substituents is 1. The van der Waals surface area contributed by atoms with Crippen LogP contribution in [0.1, 0.15) is 18.6 Å². The molecular formula is C11H13NO5. The van der Waals surface area contributed by atoms with Crippen molar-refractivity contribution in [3.63, 3.8) is 0 Å². The molecule has 0 fully saturated rings. The number of benzene rings is 1. The van der Waals surface area contributed by atoms with Gasteiger partial charge in [0.05, 0.1) is 24.1 Å². The van der Waals surface area contributed by atoms with Crippen LogP contribution >= 0.6 is 0 Å². The van der Waals surface area contributed by atoms with Crippen LogP contribution < -0.4 is 0 Å². The minimum atomic E-state index is -1.04. The second kappa shape index (κ2) is 5.40. The van der Waals surface area contributed by atoms with Gasteiger partial charge >= 0.3 is 5.97 Å². The van der Waals surface area contributed by atoms with E-state index < -0.39 is 22.9 Å². The maximum absolute atomic E-state index is 11.2. The lowest BCUT2D eigenvalue weighted by molar-refractivity contribution is -0.384. The van der Waals surface area contributed by atoms with E-state index in [9.17, 15) is 20.0 Å². The third kappa shape index (κ3) is 3.01. The first-order chi connectivity index (χ1) is 7.97. The predicted molar refractivity (Wildman–Crippen MR) is 59.2 cm³/mol. The lowest BCUT2D eigenvalue weighted by Crippen LogP contribution is -2.20. The second-order valence-electron chi connectivity index (χ2n) is 3.61. The van der Waals surface area contributed by atoms with Gasteiger partial charge in [-0.2, -0.15) is 0 Å². The van der Waals surface area contributed by atoms with Crippen LogP contribution in [0.15, 0.2) is 24.3 Å². The summed E-state index contributed by atoms with van der Waals surface area (Å²) in [6, 6.07) is 5.40. The largest absolute Gasteiger partial charge is 0.469 e. The zero-order valence-corrected chi connectivity index (χ0v) is 9.49. The molecule has 17 heavy (non-hydrogen) atoms. The summed E-state index contributed by atoms with van der Waals surface area (Å²) >= 11 is 0. The number of methoxy groups -OCH3 is 1. The third-order valence-electron chi connectivity index (χ3n) is 2.49. The van der Waals surface area contributed by atoms with Crippen LogP contribution in [0.2, 0.25) is 0 Å². The second-order valence-corrected chi connectivity index (χ2v) is 3.61. The summed E-state index contributed by atoms with van der Waals surface area (Å²) in [4.78, 5) is 21.1. The van der Waals surface area contributed by atoms with Crippen molar-refractivity contribution < 1.29 is 19.6 Å². The number of rotatable bonds is 4. The number of nitro groups is 1. The van der Waals surface area contributed by atoms with Crippen LogP contribution in [0, 0.1) is 16.0 Å². The number of aliphatic hydroxyl groups is 1. The van der Waals surface area contributed by atoms with Crippen LogP contribution in [0.3, 0.4) is 0 Å². The molecule has 0 amide bonds. The summed E-state index contributed by atoms with van der Waals surface area (Å²) in [5.41, 5.74) is 0.375. The summed E-state index contributed by atoms with van der Waals surface area (Å²) < 4.78 is 4.51. The highest BCUT2D eigenvalue weighted by Crippen LogP contribution is 2.24. The zero-order valence-electron chi connectivity index (χ0n) is 9.49. The fraction of sp³-hybridized carbons (Fsp3) is 0.364. The standard InChI is InChI=1S/C11H13NO5/c1-7(11(14)17-2)10(13)8-3-5-9(6-4-8)12(15)16/h3-7,10,13H,1-2H3/t7-,10+/m0/s1. The molecule has 92 valence electrons. The minimum Gasteiger partial charge on any atom is -0.469 e. The lowest BCUT2D eigenvalue weighted by atomic mass is 9.97. The average molecular weight is 239 g/mol. The summed E-state index contributed by atoms with van der Waals surface area (Å²) in [6.07, 6.45) is -1.04. The molecule has 0 radical (unpaired) electrons. The predicted octanol–water partition coefficient (Wildman–Crippen LogP) is 1.44. The molecule has 1 N–H and O–H groups in total. The number of carbonyl (C=O) groups excluding carboxylic acids is 1. The van der Waals surface area contributed by atoms with Crippen molar-refractivity contribution in [2.24, 2.45) is 5.92 Å². The number of nitrogens with zero attached hydrogens (tertiary/aromatic N) is 1. The Morgan fingerprint density at radius 3 is 2.35 bits per heavy atom. The van der Waals surface area contributed by atoms with Gasteiger partial charge in [0.1, 0.15) is 0 Å². The molecule has 0 unspecified atom stereocenters. The maximum atomic E-state index is 11.2. The highest BCUT2D eigenvalue weighted by atomic mass is 16.6. The maximum Gasteiger partial charge on any atom is 0.311 e. The van der Waals surface area contributed by atoms with Crippen LogP contribution in [-0.2, 0) is 9.53 Å². The van der Waals surface area contributed by atoms with Crippen molar-refractivity contribution in [2.45, 2.75) is 13.0 Å². The monoisotopic (exact) mass is 239 g/mol. The van der Waals surface area contributed by atoms with Gasteiger partial charge in [0.25, 0.3) is 5.69 Å². The van der Waals surface area contributed by atoms with E-state index in [1.165, 1.54) is 38.3 Å². The van der Waals surface area contributed by atoms with Crippen LogP contribution in [0.4, 0.5) is 5.69 Å². The Balaban J connectivity index is 2.86. The van der Waals surface area contributed by atoms with Crippen molar-refractivity contribution in [2.75, 3.05) is 7.11 Å². The smallest absolute Gasteiger partial charge is 0.311 e. The topological polar surface area (TPSA) is 89.7 Å². The van der Waals surface area contributed by atoms with Gasteiger partial charge in [-0.3, -0.25) is 14.9 Å². The average Bonchev–Trinajstić information content (AvgIpc) is 2.36. The van der Waals surface area contributed by atoms with Gasteiger partial charge in [0.2, 0.25) is 0 Å². The molecule has 0 aliphatic rings. The fourth-order valence-corrected chi connectivity index (χ4v) is 1.40. The van der Waals surface area contributed by atoms with E-state index in [1.54, 1.807) is 0 Å². The van der Waals surface area contributed by atoms with Crippen molar-refractivity contribution in [3.8, 4) is 0 Å². The Bertz CT molecular complexity index is 414. The first-order valence-electron chi connectivity index (χ1n) is 4.97. The molecule has 0 aromatic heterocycles. The van der Waals surface area contributed by atoms with Gasteiger partial charge in [-0.15, -0.1) is 0 Å². The molecule has 0 saturated carbocycles. The first-order valence-corrected chi connectivity index (χ1v) is 4.97. The van der Waals surface area contributed by atoms with Gasteiger partial charge in [-0.1, -0.05) is 0 Å². The first kappa shape index (κ1) is 13.1. The Kier molecular flexibility index (Phi) is 4.17. The highest BCUT2D eigenvalue weighted by Gasteiger charge is 2.24. The third-order valence-corrected chi connectivity index (χ3v) is 2.49. The van der Waals surface area contributed by atoms with E-state index >= 15 is 0 Å². The number of hydrogen-bond acceptors (Lipinski definition) is 5. The summed E-state index contributed by atoms with van der Waals surface area (Å²) in [6.45, 7) is 1.53. The normalized spacial score (nSPS) is 13.8. The van der Waals surface area contributed by atoms with E-state index in [0.717, 1.165) is 0 Å². The number of carbonyl (C=O) groups is 1. The van der Waals surface area contributed by atoms with Crippen molar-refractivity contribution in [3.05, 3.63) is 39.9 Å². The molecular weight excluding hydrogens is 226 g/mol. The van der Waals surface area contributed by atoms with Gasteiger partial charge in [0.15, 0.2) is 0 Å². The van der Waals surface area contributed by atoms with E-state index in [0.29, 0.717) is 5.56 Å². The van der Waals surface area contributed by atoms with E-state index in [-0.39, 0.29) is 5.69 Å². The Hall–Kier alpha value is -1.95. The number of esters is 1. The van der Waals surface area contributed by atoms with Crippen LogP contribution in [0.25, 0.3) is 0 Å². The molecule has 6 heteroatoms. The molecule has 2 atom stereocenters. The van der Waals surface area contributed by atoms with Gasteiger partial charge in [0, 0.05) is 12.1 Å². The van der Waals surface area contributed by atoms with Crippen LogP contribution in [0.5, 0.6) is 0 Å². The van der Waals surface area contributed by atoms with Gasteiger partial charge in [-0.05, 0) is 24.6 Å². The number of ether oxygens (including phenoxy) is 1. The SMILES string of the molecule is COC(=O)[C@@H](C)[C@@H](O)c1ccc([N+](=O)[O-])cc1. The van der Waals surface area contributed by atoms with Crippen molar-refractivity contribution in [1.82, 2.24) is 0 Å². The molecule has 0 spiro atoms. The molecule has 0 aliphatic carbocycles. The highest BCUT2D eigenvalue weighted by molar-refractivity contribution is 5.72. The zero-order chi connectivity index (χ0) is 13.0. The molecule has 6 nitrogen and oxygen atoms in total. The molecule has 0 bridgehead atoms. The fourth-order valence-electron chi connectivity index (χ4n) is 1.40. The Labute approximate surface area is 98.0 Å². The summed E-state index contributed by atoms with van der Waals surface area (Å²) in [7, 11) is 1.24. The number of aliphatic hydroxyl groups excluding tert-OH is 1. The van der Waals surface area contributed by atoms with E-state index in [4.69, 9.17) is 0 Å². The van der Waals surface area contributed by atoms with E-state index in [2.05, 4.69) is 4.74 Å². The Morgan fingerprint density at radius 2 is 1.94 bits per heavy atom. The minimum absolute atomic E-state index is 0.0633. The molecule has 0 heterocycles. The summed E-state index contributed by atoms with van der Waals surface area (Å²) in [5.74, 6) is -1.25. The van der Waals surface area contributed by atoms with E-state index in [1.807, 2.05) is 0 Å². The van der Waals surface area contributed by atoms with Gasteiger partial charge < -0.3 is 9.84 Å². The molecule has 0 saturated heterocycles. The molecule has 0 aliphatic heterocycles. The summed E-state index contributed by atoms with van der Waals surface area (Å²) in [5, 5.41) is 20.3. The Morgan fingerprint density at radius 1 is 1.41 bits per heavy atom. The van der Waals surface area contributed by atoms with Crippen LogP contribution in [-0.4, -0.2) is 23.1 Å².